The van der Waals surface area contributed by atoms with Crippen LogP contribution in [0.1, 0.15) is 74.1 Å². The number of amides is 1. The third-order valence-electron chi connectivity index (χ3n) is 8.54. The van der Waals surface area contributed by atoms with E-state index in [4.69, 9.17) is 12.2 Å². The van der Waals surface area contributed by atoms with E-state index in [1.807, 2.05) is 24.0 Å². The Morgan fingerprint density at radius 3 is 2.44 bits per heavy atom. The molecule has 5 rings (SSSR count). The number of carbonyl (C=O) groups excluding carboxylic acids is 1. The van der Waals surface area contributed by atoms with Crippen molar-refractivity contribution in [2.24, 2.45) is 0 Å². The van der Waals surface area contributed by atoms with Gasteiger partial charge in [0.2, 0.25) is 0 Å². The van der Waals surface area contributed by atoms with Crippen LogP contribution in [-0.4, -0.2) is 56.8 Å². The molecule has 0 radical (unpaired) electrons. The number of thiocarbonyl (C=S) groups is 1. The number of anilines is 1. The number of rotatable bonds is 8. The fourth-order valence-electron chi connectivity index (χ4n) is 6.23. The first-order valence-corrected chi connectivity index (χ1v) is 16.1. The first kappa shape index (κ1) is 29.6. The quantitative estimate of drug-likeness (QED) is 0.290. The van der Waals surface area contributed by atoms with E-state index in [-0.39, 0.29) is 23.1 Å². The highest BCUT2D eigenvalue weighted by Crippen LogP contribution is 2.39. The Morgan fingerprint density at radius 1 is 1.07 bits per heavy atom. The van der Waals surface area contributed by atoms with Crippen LogP contribution in [0.4, 0.5) is 5.82 Å². The lowest BCUT2D eigenvalue weighted by Crippen LogP contribution is -2.48. The molecule has 1 amide bonds. The van der Waals surface area contributed by atoms with Crippen molar-refractivity contribution in [3.8, 4) is 6.07 Å². The van der Waals surface area contributed by atoms with E-state index in [1.165, 1.54) is 23.7 Å². The number of unbranched alkanes of at least 4 members (excludes halogenated alkanes) is 1. The van der Waals surface area contributed by atoms with Gasteiger partial charge in [-0.25, -0.2) is 0 Å². The van der Waals surface area contributed by atoms with Crippen molar-refractivity contribution in [1.82, 2.24) is 14.4 Å². The lowest BCUT2D eigenvalue weighted by molar-refractivity contribution is -0.124. The third kappa shape index (κ3) is 6.30. The minimum atomic E-state index is -0.243. The maximum atomic E-state index is 13.7. The van der Waals surface area contributed by atoms with E-state index in [9.17, 15) is 14.9 Å². The van der Waals surface area contributed by atoms with Gasteiger partial charge in [0.05, 0.1) is 4.91 Å². The molecule has 3 fully saturated rings. The minimum Gasteiger partial charge on any atom is -0.355 e. The second-order valence-corrected chi connectivity index (χ2v) is 12.9. The molecule has 1 aromatic heterocycles. The second kappa shape index (κ2) is 13.4. The van der Waals surface area contributed by atoms with Gasteiger partial charge in [-0.2, -0.15) is 5.26 Å². The average Bonchev–Trinajstić information content (AvgIpc) is 3.27. The summed E-state index contributed by atoms with van der Waals surface area (Å²) in [5.74, 6) is 0.775. The molecule has 1 saturated carbocycles. The number of thioether (sulfide) groups is 1. The van der Waals surface area contributed by atoms with Crippen LogP contribution < -0.4 is 10.5 Å². The molecule has 2 aliphatic heterocycles. The average molecular weight is 590 g/mol. The van der Waals surface area contributed by atoms with E-state index >= 15 is 0 Å². The molecule has 2 saturated heterocycles. The van der Waals surface area contributed by atoms with Crippen molar-refractivity contribution in [2.45, 2.75) is 77.9 Å². The van der Waals surface area contributed by atoms with Crippen molar-refractivity contribution in [1.29, 1.82) is 5.26 Å². The maximum absolute atomic E-state index is 13.7. The zero-order valence-electron chi connectivity index (χ0n) is 24.1. The van der Waals surface area contributed by atoms with Gasteiger partial charge in [0.1, 0.15) is 21.8 Å². The molecular formula is C32H39N5O2S2. The van der Waals surface area contributed by atoms with Crippen molar-refractivity contribution >= 4 is 46.1 Å². The molecule has 216 valence electrons. The van der Waals surface area contributed by atoms with Gasteiger partial charge < -0.3 is 4.90 Å². The predicted molar refractivity (Wildman–Crippen MR) is 171 cm³/mol. The zero-order valence-corrected chi connectivity index (χ0v) is 25.7. The summed E-state index contributed by atoms with van der Waals surface area (Å²) >= 11 is 7.05. The highest BCUT2D eigenvalue weighted by molar-refractivity contribution is 8.26. The van der Waals surface area contributed by atoms with Gasteiger partial charge in [0.25, 0.3) is 11.5 Å². The van der Waals surface area contributed by atoms with Crippen LogP contribution in [0.25, 0.3) is 6.08 Å². The summed E-state index contributed by atoms with van der Waals surface area (Å²) in [7, 11) is 0. The van der Waals surface area contributed by atoms with Crippen LogP contribution >= 0.6 is 24.0 Å². The third-order valence-corrected chi connectivity index (χ3v) is 9.87. The molecular weight excluding hydrogens is 551 g/mol. The molecule has 0 unspecified atom stereocenters. The first-order valence-electron chi connectivity index (χ1n) is 14.9. The summed E-state index contributed by atoms with van der Waals surface area (Å²) < 4.78 is 2.40. The lowest BCUT2D eigenvalue weighted by Gasteiger charge is -2.38. The first-order chi connectivity index (χ1) is 19.9. The Bertz CT molecular complexity index is 1410. The number of pyridine rings is 1. The summed E-state index contributed by atoms with van der Waals surface area (Å²) in [6.45, 7) is 8.60. The molecule has 0 spiro atoms. The van der Waals surface area contributed by atoms with Crippen LogP contribution in [0, 0.1) is 18.3 Å². The standard InChI is InChI=1S/C32H39N5O2S2/c1-3-4-15-36-29(35-18-16-34(17-19-35)22-24-11-7-5-8-12-24)26(23(2)27(21-33)30(36)38)20-28-31(39)37(32(40)41-28)25-13-9-6-10-14-25/h5,7-8,11-12,20,25H,3-4,6,9-10,13-19,22H2,1-2H3/b28-20-. The van der Waals surface area contributed by atoms with Gasteiger partial charge in [-0.1, -0.05) is 86.9 Å². The Balaban J connectivity index is 1.51. The van der Waals surface area contributed by atoms with Gasteiger partial charge in [0.15, 0.2) is 0 Å². The fraction of sp³-hybridized carbons (Fsp3) is 0.500. The number of hydrogen-bond acceptors (Lipinski definition) is 7. The highest BCUT2D eigenvalue weighted by Gasteiger charge is 2.38. The zero-order chi connectivity index (χ0) is 28.9. The van der Waals surface area contributed by atoms with Crippen molar-refractivity contribution in [2.75, 3.05) is 31.1 Å². The van der Waals surface area contributed by atoms with Crippen LogP contribution in [-0.2, 0) is 17.9 Å². The number of carbonyl (C=O) groups is 1. The molecule has 41 heavy (non-hydrogen) atoms. The number of benzene rings is 1. The molecule has 0 bridgehead atoms. The number of piperazine rings is 1. The highest BCUT2D eigenvalue weighted by atomic mass is 32.2. The molecule has 2 aromatic rings. The molecule has 1 aliphatic carbocycles. The van der Waals surface area contributed by atoms with Crippen LogP contribution in [0.3, 0.4) is 0 Å². The second-order valence-electron chi connectivity index (χ2n) is 11.3. The molecule has 1 aromatic carbocycles. The van der Waals surface area contributed by atoms with Crippen molar-refractivity contribution in [3.05, 3.63) is 67.8 Å². The lowest BCUT2D eigenvalue weighted by atomic mass is 9.94. The Labute approximate surface area is 252 Å². The smallest absolute Gasteiger partial charge is 0.270 e. The van der Waals surface area contributed by atoms with Crippen LogP contribution in [0.2, 0.25) is 0 Å². The SMILES string of the molecule is CCCCn1c(N2CCN(Cc3ccccc3)CC2)c(/C=C2\SC(=S)N(C3CCCCC3)C2=O)c(C)c(C#N)c1=O. The van der Waals surface area contributed by atoms with Gasteiger partial charge in [0, 0.05) is 50.9 Å². The van der Waals surface area contributed by atoms with Crippen molar-refractivity contribution in [3.63, 3.8) is 0 Å². The molecule has 3 aliphatic rings. The topological polar surface area (TPSA) is 72.6 Å². The predicted octanol–water partition coefficient (Wildman–Crippen LogP) is 5.68. The summed E-state index contributed by atoms with van der Waals surface area (Å²) in [5.41, 5.74) is 2.62. The van der Waals surface area contributed by atoms with Gasteiger partial charge >= 0.3 is 0 Å². The number of aromatic nitrogens is 1. The summed E-state index contributed by atoms with van der Waals surface area (Å²) in [6, 6.07) is 12.8. The van der Waals surface area contributed by atoms with E-state index in [0.29, 0.717) is 21.3 Å². The van der Waals surface area contributed by atoms with Crippen LogP contribution in [0.5, 0.6) is 0 Å². The summed E-state index contributed by atoms with van der Waals surface area (Å²) in [5, 5.41) is 10.0. The Kier molecular flexibility index (Phi) is 9.64. The van der Waals surface area contributed by atoms with E-state index in [1.54, 1.807) is 4.57 Å². The van der Waals surface area contributed by atoms with Crippen molar-refractivity contribution < 1.29 is 4.79 Å². The number of hydrogen-bond donors (Lipinski definition) is 0. The minimum absolute atomic E-state index is 0.0465. The monoisotopic (exact) mass is 589 g/mol. The summed E-state index contributed by atoms with van der Waals surface area (Å²) in [6.07, 6.45) is 9.09. The largest absolute Gasteiger partial charge is 0.355 e. The fourth-order valence-corrected chi connectivity index (χ4v) is 7.62. The Hall–Kier alpha value is -2.93. The Morgan fingerprint density at radius 2 is 1.78 bits per heavy atom. The molecule has 3 heterocycles. The molecule has 0 atom stereocenters. The van der Waals surface area contributed by atoms with E-state index in [2.05, 4.69) is 47.1 Å². The van der Waals surface area contributed by atoms with E-state index < -0.39 is 0 Å². The van der Waals surface area contributed by atoms with E-state index in [0.717, 1.165) is 82.6 Å². The van der Waals surface area contributed by atoms with Gasteiger partial charge in [-0.3, -0.25) is 24.0 Å². The normalized spacial score (nSPS) is 19.8. The number of nitrogens with zero attached hydrogens (tertiary/aromatic N) is 5. The molecule has 0 N–H and O–H groups in total. The molecule has 7 nitrogen and oxygen atoms in total. The van der Waals surface area contributed by atoms with Crippen LogP contribution in [0.15, 0.2) is 40.0 Å². The number of nitriles is 1. The molecule has 9 heteroatoms. The maximum Gasteiger partial charge on any atom is 0.270 e. The summed E-state index contributed by atoms with van der Waals surface area (Å²) in [4.78, 5) is 34.5. The van der Waals surface area contributed by atoms with Gasteiger partial charge in [-0.05, 0) is 43.4 Å². The van der Waals surface area contributed by atoms with Gasteiger partial charge in [-0.15, -0.1) is 0 Å².